The summed E-state index contributed by atoms with van der Waals surface area (Å²) in [6.07, 6.45) is 0.223. The van der Waals surface area contributed by atoms with Gasteiger partial charge in [0.1, 0.15) is 5.52 Å². The summed E-state index contributed by atoms with van der Waals surface area (Å²) in [7, 11) is 1.27. The number of rotatable bonds is 3. The van der Waals surface area contributed by atoms with E-state index < -0.39 is 29.3 Å². The van der Waals surface area contributed by atoms with Gasteiger partial charge in [-0.3, -0.25) is 4.79 Å². The predicted molar refractivity (Wildman–Crippen MR) is 66.5 cm³/mol. The number of halogens is 3. The van der Waals surface area contributed by atoms with Crippen LogP contribution in [0.2, 0.25) is 0 Å². The van der Waals surface area contributed by atoms with Crippen LogP contribution in [0.1, 0.15) is 12.6 Å². The lowest BCUT2D eigenvalue weighted by Gasteiger charge is -2.09. The average molecular weight is 283 g/mol. The van der Waals surface area contributed by atoms with Crippen molar-refractivity contribution >= 4 is 16.9 Å². The van der Waals surface area contributed by atoms with Gasteiger partial charge in [-0.2, -0.15) is 0 Å². The van der Waals surface area contributed by atoms with Crippen molar-refractivity contribution in [3.63, 3.8) is 0 Å². The molecule has 0 bridgehead atoms. The number of hydrogen-bond acceptors (Lipinski definition) is 3. The number of fused-ring (bicyclic) bond motifs is 1. The van der Waals surface area contributed by atoms with Gasteiger partial charge in [-0.15, -0.1) is 0 Å². The summed E-state index contributed by atoms with van der Waals surface area (Å²) >= 11 is 0. The lowest BCUT2D eigenvalue weighted by Crippen LogP contribution is -2.15. The molecule has 20 heavy (non-hydrogen) atoms. The van der Waals surface area contributed by atoms with Crippen molar-refractivity contribution in [2.75, 3.05) is 7.11 Å². The molecule has 1 unspecified atom stereocenters. The summed E-state index contributed by atoms with van der Waals surface area (Å²) in [5, 5.41) is 0.163. The van der Waals surface area contributed by atoms with Crippen molar-refractivity contribution in [1.82, 2.24) is 4.98 Å². The fourth-order valence-electron chi connectivity index (χ4n) is 1.92. The Labute approximate surface area is 113 Å². The molecule has 0 saturated carbocycles. The van der Waals surface area contributed by atoms with E-state index >= 15 is 0 Å². The highest BCUT2D eigenvalue weighted by Crippen LogP contribution is 2.22. The largest absolute Gasteiger partial charge is 0.469 e. The van der Waals surface area contributed by atoms with E-state index in [1.165, 1.54) is 13.2 Å². The maximum absolute atomic E-state index is 13.6. The van der Waals surface area contributed by atoms with Crippen LogP contribution >= 0.6 is 0 Å². The number of ether oxygens (including phenoxy) is 1. The Morgan fingerprint density at radius 3 is 2.65 bits per heavy atom. The molecule has 0 saturated heterocycles. The standard InChI is InChI=1S/C14H12F3NO2/c1-7(14(19)20-2)5-9-4-3-8-6-10(15)11(16)12(17)13(8)18-9/h3-4,6-7H,5H2,1-2H3. The Balaban J connectivity index is 2.41. The summed E-state index contributed by atoms with van der Waals surface area (Å²) in [4.78, 5) is 15.3. The van der Waals surface area contributed by atoms with Crippen LogP contribution in [0.5, 0.6) is 0 Å². The molecule has 0 amide bonds. The minimum Gasteiger partial charge on any atom is -0.469 e. The molecule has 0 aliphatic rings. The first kappa shape index (κ1) is 14.3. The quantitative estimate of drug-likeness (QED) is 0.642. The number of nitrogens with zero attached hydrogens (tertiary/aromatic N) is 1. The van der Waals surface area contributed by atoms with E-state index in [1.807, 2.05) is 0 Å². The molecule has 1 aromatic heterocycles. The second kappa shape index (κ2) is 5.48. The van der Waals surface area contributed by atoms with Crippen LogP contribution in [-0.2, 0) is 16.0 Å². The molecule has 2 aromatic rings. The molecular formula is C14H12F3NO2. The monoisotopic (exact) mass is 283 g/mol. The third kappa shape index (κ3) is 2.59. The van der Waals surface area contributed by atoms with Gasteiger partial charge < -0.3 is 4.74 Å². The molecule has 106 valence electrons. The summed E-state index contributed by atoms with van der Waals surface area (Å²) in [6, 6.07) is 3.86. The average Bonchev–Trinajstić information content (AvgIpc) is 2.44. The van der Waals surface area contributed by atoms with Gasteiger partial charge in [-0.05, 0) is 12.1 Å². The lowest BCUT2D eigenvalue weighted by atomic mass is 10.0. The van der Waals surface area contributed by atoms with E-state index in [0.29, 0.717) is 5.69 Å². The van der Waals surface area contributed by atoms with Crippen molar-refractivity contribution in [3.8, 4) is 0 Å². The fourth-order valence-corrected chi connectivity index (χ4v) is 1.92. The molecule has 1 aromatic carbocycles. The van der Waals surface area contributed by atoms with E-state index in [-0.39, 0.29) is 17.3 Å². The van der Waals surface area contributed by atoms with Crippen molar-refractivity contribution in [2.24, 2.45) is 5.92 Å². The van der Waals surface area contributed by atoms with Crippen LogP contribution in [0.4, 0.5) is 13.2 Å². The number of carbonyl (C=O) groups excluding carboxylic acids is 1. The van der Waals surface area contributed by atoms with Crippen LogP contribution in [0.3, 0.4) is 0 Å². The Bertz CT molecular complexity index is 673. The molecule has 3 nitrogen and oxygen atoms in total. The topological polar surface area (TPSA) is 39.2 Å². The summed E-state index contributed by atoms with van der Waals surface area (Å²) in [6.45, 7) is 1.64. The zero-order chi connectivity index (χ0) is 14.9. The number of benzene rings is 1. The summed E-state index contributed by atoms with van der Waals surface area (Å²) < 4.78 is 44.5. The molecule has 1 heterocycles. The SMILES string of the molecule is COC(=O)C(C)Cc1ccc2cc(F)c(F)c(F)c2n1. The Hall–Kier alpha value is -2.11. The molecule has 6 heteroatoms. The smallest absolute Gasteiger partial charge is 0.308 e. The third-order valence-corrected chi connectivity index (χ3v) is 3.00. The first-order valence-corrected chi connectivity index (χ1v) is 5.95. The highest BCUT2D eigenvalue weighted by atomic mass is 19.2. The molecule has 0 aliphatic heterocycles. The molecular weight excluding hydrogens is 271 g/mol. The van der Waals surface area contributed by atoms with Gasteiger partial charge >= 0.3 is 5.97 Å². The van der Waals surface area contributed by atoms with Crippen molar-refractivity contribution in [1.29, 1.82) is 0 Å². The summed E-state index contributed by atoms with van der Waals surface area (Å²) in [5.41, 5.74) is 0.152. The molecule has 1 atom stereocenters. The zero-order valence-corrected chi connectivity index (χ0v) is 10.9. The first-order valence-electron chi connectivity index (χ1n) is 5.95. The van der Waals surface area contributed by atoms with Crippen LogP contribution in [-0.4, -0.2) is 18.1 Å². The van der Waals surface area contributed by atoms with Crippen molar-refractivity contribution in [2.45, 2.75) is 13.3 Å². The second-order valence-electron chi connectivity index (χ2n) is 4.49. The number of esters is 1. The van der Waals surface area contributed by atoms with Crippen LogP contribution in [0, 0.1) is 23.4 Å². The van der Waals surface area contributed by atoms with E-state index in [1.54, 1.807) is 13.0 Å². The molecule has 0 aliphatic carbocycles. The van der Waals surface area contributed by atoms with Gasteiger partial charge in [0.25, 0.3) is 0 Å². The first-order chi connectivity index (χ1) is 9.43. The lowest BCUT2D eigenvalue weighted by molar-refractivity contribution is -0.144. The van der Waals surface area contributed by atoms with E-state index in [9.17, 15) is 18.0 Å². The second-order valence-corrected chi connectivity index (χ2v) is 4.49. The van der Waals surface area contributed by atoms with E-state index in [2.05, 4.69) is 9.72 Å². The number of aromatic nitrogens is 1. The van der Waals surface area contributed by atoms with Gasteiger partial charge in [0.05, 0.1) is 13.0 Å². The Morgan fingerprint density at radius 2 is 2.00 bits per heavy atom. The van der Waals surface area contributed by atoms with E-state index in [4.69, 9.17) is 0 Å². The highest BCUT2D eigenvalue weighted by Gasteiger charge is 2.18. The van der Waals surface area contributed by atoms with Crippen LogP contribution in [0.25, 0.3) is 10.9 Å². The van der Waals surface area contributed by atoms with E-state index in [0.717, 1.165) is 6.07 Å². The number of pyridine rings is 1. The van der Waals surface area contributed by atoms with Crippen LogP contribution in [0.15, 0.2) is 18.2 Å². The predicted octanol–water partition coefficient (Wildman–Crippen LogP) is 3.00. The molecule has 2 rings (SSSR count). The fraction of sp³-hybridized carbons (Fsp3) is 0.286. The van der Waals surface area contributed by atoms with Gasteiger partial charge in [0.2, 0.25) is 0 Å². The highest BCUT2D eigenvalue weighted by molar-refractivity contribution is 5.79. The third-order valence-electron chi connectivity index (χ3n) is 3.00. The van der Waals surface area contributed by atoms with Crippen molar-refractivity contribution in [3.05, 3.63) is 41.3 Å². The summed E-state index contributed by atoms with van der Waals surface area (Å²) in [5.74, 6) is -5.01. The van der Waals surface area contributed by atoms with Gasteiger partial charge in [0, 0.05) is 17.5 Å². The number of methoxy groups -OCH3 is 1. The van der Waals surface area contributed by atoms with Gasteiger partial charge in [0.15, 0.2) is 17.5 Å². The zero-order valence-electron chi connectivity index (χ0n) is 10.9. The van der Waals surface area contributed by atoms with Gasteiger partial charge in [-0.25, -0.2) is 18.2 Å². The maximum Gasteiger partial charge on any atom is 0.308 e. The van der Waals surface area contributed by atoms with Gasteiger partial charge in [-0.1, -0.05) is 13.0 Å². The molecule has 0 radical (unpaired) electrons. The molecule has 0 N–H and O–H groups in total. The molecule has 0 spiro atoms. The van der Waals surface area contributed by atoms with Crippen molar-refractivity contribution < 1.29 is 22.7 Å². The minimum absolute atomic E-state index is 0.163. The molecule has 0 fully saturated rings. The Kier molecular flexibility index (Phi) is 3.92. The van der Waals surface area contributed by atoms with Crippen LogP contribution < -0.4 is 0 Å². The maximum atomic E-state index is 13.6. The normalized spacial score (nSPS) is 12.4. The minimum atomic E-state index is -1.55. The Morgan fingerprint density at radius 1 is 1.30 bits per heavy atom. The number of carbonyl (C=O) groups is 1. The number of hydrogen-bond donors (Lipinski definition) is 0.